The summed E-state index contributed by atoms with van der Waals surface area (Å²) in [6, 6.07) is 6.75. The summed E-state index contributed by atoms with van der Waals surface area (Å²) >= 11 is 0. The van der Waals surface area contributed by atoms with E-state index >= 15 is 0 Å². The molecule has 3 nitrogen and oxygen atoms in total. The fraction of sp³-hybridized carbons (Fsp3) is 0.455. The molecule has 0 amide bonds. The SMILES string of the molecule is FC(F)Oc1ccc([C@H]2COCCN2)cc1. The van der Waals surface area contributed by atoms with Gasteiger partial charge in [-0.25, -0.2) is 0 Å². The monoisotopic (exact) mass is 229 g/mol. The number of rotatable bonds is 3. The van der Waals surface area contributed by atoms with Gasteiger partial charge in [0.15, 0.2) is 0 Å². The van der Waals surface area contributed by atoms with E-state index in [-0.39, 0.29) is 11.8 Å². The topological polar surface area (TPSA) is 30.5 Å². The lowest BCUT2D eigenvalue weighted by Crippen LogP contribution is -2.34. The number of nitrogens with one attached hydrogen (secondary N) is 1. The number of hydrogen-bond acceptors (Lipinski definition) is 3. The average molecular weight is 229 g/mol. The Balaban J connectivity index is 2.00. The smallest absolute Gasteiger partial charge is 0.387 e. The molecule has 0 aliphatic carbocycles. The Kier molecular flexibility index (Phi) is 3.69. The van der Waals surface area contributed by atoms with Crippen LogP contribution in [0, 0.1) is 0 Å². The molecule has 1 fully saturated rings. The molecule has 1 aromatic carbocycles. The van der Waals surface area contributed by atoms with Crippen molar-refractivity contribution >= 4 is 0 Å². The number of alkyl halides is 2. The molecular formula is C11H13F2NO2. The first-order valence-corrected chi connectivity index (χ1v) is 5.11. The van der Waals surface area contributed by atoms with Gasteiger partial charge < -0.3 is 14.8 Å². The van der Waals surface area contributed by atoms with E-state index in [2.05, 4.69) is 10.1 Å². The van der Waals surface area contributed by atoms with E-state index in [0.717, 1.165) is 12.1 Å². The highest BCUT2D eigenvalue weighted by atomic mass is 19.3. The van der Waals surface area contributed by atoms with Crippen LogP contribution >= 0.6 is 0 Å². The maximum atomic E-state index is 11.9. The molecule has 88 valence electrons. The molecule has 0 bridgehead atoms. The second kappa shape index (κ2) is 5.23. The molecule has 1 aliphatic heterocycles. The first-order chi connectivity index (χ1) is 7.75. The minimum atomic E-state index is -2.78. The van der Waals surface area contributed by atoms with Gasteiger partial charge in [0, 0.05) is 6.54 Å². The van der Waals surface area contributed by atoms with Crippen LogP contribution in [0.1, 0.15) is 11.6 Å². The van der Waals surface area contributed by atoms with E-state index in [0.29, 0.717) is 13.2 Å². The summed E-state index contributed by atoms with van der Waals surface area (Å²) < 4.78 is 33.4. The summed E-state index contributed by atoms with van der Waals surface area (Å²) in [7, 11) is 0. The van der Waals surface area contributed by atoms with E-state index in [1.54, 1.807) is 12.1 Å². The van der Waals surface area contributed by atoms with Gasteiger partial charge >= 0.3 is 6.61 Å². The van der Waals surface area contributed by atoms with Crippen LogP contribution in [-0.2, 0) is 4.74 Å². The molecule has 2 rings (SSSR count). The summed E-state index contributed by atoms with van der Waals surface area (Å²) in [6.45, 7) is -0.653. The highest BCUT2D eigenvalue weighted by Gasteiger charge is 2.15. The van der Waals surface area contributed by atoms with Crippen molar-refractivity contribution in [3.05, 3.63) is 29.8 Å². The predicted octanol–water partition coefficient (Wildman–Crippen LogP) is 1.95. The summed E-state index contributed by atoms with van der Waals surface area (Å²) in [6.07, 6.45) is 0. The fourth-order valence-electron chi connectivity index (χ4n) is 1.66. The lowest BCUT2D eigenvalue weighted by atomic mass is 10.1. The van der Waals surface area contributed by atoms with E-state index in [1.807, 2.05) is 0 Å². The second-order valence-electron chi connectivity index (χ2n) is 3.53. The Morgan fingerprint density at radius 3 is 2.62 bits per heavy atom. The lowest BCUT2D eigenvalue weighted by molar-refractivity contribution is -0.0498. The number of ether oxygens (including phenoxy) is 2. The molecule has 1 atom stereocenters. The van der Waals surface area contributed by atoms with Crippen LogP contribution in [0.3, 0.4) is 0 Å². The molecule has 0 spiro atoms. The van der Waals surface area contributed by atoms with Crippen LogP contribution in [-0.4, -0.2) is 26.4 Å². The van der Waals surface area contributed by atoms with E-state index in [1.165, 1.54) is 12.1 Å². The molecule has 0 aromatic heterocycles. The molecular weight excluding hydrogens is 216 g/mol. The molecule has 5 heteroatoms. The third kappa shape index (κ3) is 2.90. The molecule has 1 aliphatic rings. The van der Waals surface area contributed by atoms with E-state index < -0.39 is 6.61 Å². The van der Waals surface area contributed by atoms with Crippen molar-refractivity contribution in [1.29, 1.82) is 0 Å². The largest absolute Gasteiger partial charge is 0.435 e. The van der Waals surface area contributed by atoms with Gasteiger partial charge in [0.25, 0.3) is 0 Å². The highest BCUT2D eigenvalue weighted by molar-refractivity contribution is 5.29. The van der Waals surface area contributed by atoms with Crippen molar-refractivity contribution in [2.75, 3.05) is 19.8 Å². The zero-order chi connectivity index (χ0) is 11.4. The van der Waals surface area contributed by atoms with Gasteiger partial charge in [-0.05, 0) is 17.7 Å². The van der Waals surface area contributed by atoms with Crippen molar-refractivity contribution in [2.45, 2.75) is 12.7 Å². The fourth-order valence-corrected chi connectivity index (χ4v) is 1.66. The van der Waals surface area contributed by atoms with Crippen LogP contribution in [0.4, 0.5) is 8.78 Å². The molecule has 0 saturated carbocycles. The van der Waals surface area contributed by atoms with Gasteiger partial charge in [-0.15, -0.1) is 0 Å². The van der Waals surface area contributed by atoms with E-state index in [9.17, 15) is 8.78 Å². The Labute approximate surface area is 92.4 Å². The molecule has 1 heterocycles. The molecule has 1 aromatic rings. The van der Waals surface area contributed by atoms with Gasteiger partial charge in [0.05, 0.1) is 19.3 Å². The van der Waals surface area contributed by atoms with Crippen LogP contribution < -0.4 is 10.1 Å². The Bertz CT molecular complexity index is 323. The molecule has 1 N–H and O–H groups in total. The maximum absolute atomic E-state index is 11.9. The van der Waals surface area contributed by atoms with Crippen LogP contribution in [0.2, 0.25) is 0 Å². The van der Waals surface area contributed by atoms with Crippen molar-refractivity contribution < 1.29 is 18.3 Å². The molecule has 16 heavy (non-hydrogen) atoms. The third-order valence-corrected chi connectivity index (χ3v) is 2.43. The number of halogens is 2. The van der Waals surface area contributed by atoms with Crippen LogP contribution in [0.5, 0.6) is 5.75 Å². The molecule has 1 saturated heterocycles. The number of hydrogen-bond donors (Lipinski definition) is 1. The first-order valence-electron chi connectivity index (χ1n) is 5.11. The van der Waals surface area contributed by atoms with Crippen molar-refractivity contribution in [2.24, 2.45) is 0 Å². The minimum absolute atomic E-state index is 0.134. The van der Waals surface area contributed by atoms with Crippen molar-refractivity contribution in [3.8, 4) is 5.75 Å². The Morgan fingerprint density at radius 2 is 2.06 bits per heavy atom. The first kappa shape index (κ1) is 11.3. The maximum Gasteiger partial charge on any atom is 0.387 e. The molecule has 0 unspecified atom stereocenters. The van der Waals surface area contributed by atoms with Gasteiger partial charge in [0.1, 0.15) is 5.75 Å². The third-order valence-electron chi connectivity index (χ3n) is 2.43. The van der Waals surface area contributed by atoms with Crippen molar-refractivity contribution in [3.63, 3.8) is 0 Å². The van der Waals surface area contributed by atoms with Gasteiger partial charge in [-0.3, -0.25) is 0 Å². The number of benzene rings is 1. The zero-order valence-corrected chi connectivity index (χ0v) is 8.66. The number of morpholine rings is 1. The lowest BCUT2D eigenvalue weighted by Gasteiger charge is -2.24. The predicted molar refractivity (Wildman–Crippen MR) is 54.6 cm³/mol. The van der Waals surface area contributed by atoms with Gasteiger partial charge in [-0.2, -0.15) is 8.78 Å². The molecule has 0 radical (unpaired) electrons. The quantitative estimate of drug-likeness (QED) is 0.859. The van der Waals surface area contributed by atoms with E-state index in [4.69, 9.17) is 4.74 Å². The Hall–Kier alpha value is -1.20. The minimum Gasteiger partial charge on any atom is -0.435 e. The average Bonchev–Trinajstić information content (AvgIpc) is 2.30. The zero-order valence-electron chi connectivity index (χ0n) is 8.66. The van der Waals surface area contributed by atoms with Crippen LogP contribution in [0.15, 0.2) is 24.3 Å². The summed E-state index contributed by atoms with van der Waals surface area (Å²) in [5.41, 5.74) is 1.02. The van der Waals surface area contributed by atoms with Crippen LogP contribution in [0.25, 0.3) is 0 Å². The summed E-state index contributed by atoms with van der Waals surface area (Å²) in [5, 5.41) is 3.28. The van der Waals surface area contributed by atoms with Gasteiger partial charge in [-0.1, -0.05) is 12.1 Å². The van der Waals surface area contributed by atoms with Gasteiger partial charge in [0.2, 0.25) is 0 Å². The second-order valence-corrected chi connectivity index (χ2v) is 3.53. The van der Waals surface area contributed by atoms with Crippen molar-refractivity contribution in [1.82, 2.24) is 5.32 Å². The Morgan fingerprint density at radius 1 is 1.31 bits per heavy atom. The standard InChI is InChI=1S/C11H13F2NO2/c12-11(13)16-9-3-1-8(2-4-9)10-7-15-6-5-14-10/h1-4,10-11,14H,5-7H2/t10-/m1/s1. The summed E-state index contributed by atoms with van der Waals surface area (Å²) in [5.74, 6) is 0.176. The normalized spacial score (nSPS) is 21.1. The summed E-state index contributed by atoms with van der Waals surface area (Å²) in [4.78, 5) is 0. The highest BCUT2D eigenvalue weighted by Crippen LogP contribution is 2.20.